The van der Waals surface area contributed by atoms with Crippen molar-refractivity contribution in [3.8, 4) is 0 Å². The molecule has 0 aliphatic carbocycles. The average molecular weight is 284 g/mol. The van der Waals surface area contributed by atoms with E-state index in [2.05, 4.69) is 5.32 Å². The molecule has 0 atom stereocenters. The molecule has 21 heavy (non-hydrogen) atoms. The summed E-state index contributed by atoms with van der Waals surface area (Å²) in [6.07, 6.45) is 0. The number of amides is 1. The fraction of sp³-hybridized carbons (Fsp3) is 0.188. The number of nitrogens with one attached hydrogen (secondary N) is 1. The van der Waals surface area contributed by atoms with Crippen molar-refractivity contribution >= 4 is 17.3 Å². The number of aryl methyl sites for hydroxylation is 1. The Hall–Kier alpha value is -2.69. The summed E-state index contributed by atoms with van der Waals surface area (Å²) in [6, 6.07) is 10.1. The molecule has 0 saturated heterocycles. The van der Waals surface area contributed by atoms with E-state index in [1.54, 1.807) is 13.0 Å². The highest BCUT2D eigenvalue weighted by Gasteiger charge is 2.18. The topological polar surface area (TPSA) is 72.2 Å². The Kier molecular flexibility index (Phi) is 4.03. The van der Waals surface area contributed by atoms with Crippen LogP contribution in [-0.4, -0.2) is 10.8 Å². The standard InChI is InChI=1S/C16H16N2O3/c1-10-6-4-8-14(11(10)2)17-16(19)13-7-5-9-15(12(13)3)18(20)21/h4-9H,1-3H3,(H,17,19). The van der Waals surface area contributed by atoms with Crippen LogP contribution < -0.4 is 5.32 Å². The smallest absolute Gasteiger partial charge is 0.273 e. The Morgan fingerprint density at radius 2 is 1.71 bits per heavy atom. The fourth-order valence-electron chi connectivity index (χ4n) is 2.14. The molecule has 0 aromatic heterocycles. The molecule has 108 valence electrons. The lowest BCUT2D eigenvalue weighted by atomic mass is 10.0. The van der Waals surface area contributed by atoms with Crippen LogP contribution in [0.2, 0.25) is 0 Å². The summed E-state index contributed by atoms with van der Waals surface area (Å²) in [7, 11) is 0. The highest BCUT2D eigenvalue weighted by atomic mass is 16.6. The molecule has 0 bridgehead atoms. The number of benzene rings is 2. The van der Waals surface area contributed by atoms with Gasteiger partial charge in [0.05, 0.1) is 4.92 Å². The van der Waals surface area contributed by atoms with Gasteiger partial charge in [-0.15, -0.1) is 0 Å². The fourth-order valence-corrected chi connectivity index (χ4v) is 2.14. The Labute approximate surface area is 122 Å². The van der Waals surface area contributed by atoms with Crippen molar-refractivity contribution in [3.05, 3.63) is 68.8 Å². The summed E-state index contributed by atoms with van der Waals surface area (Å²) in [5, 5.41) is 13.7. The first kappa shape index (κ1) is 14.7. The van der Waals surface area contributed by atoms with Gasteiger partial charge < -0.3 is 5.32 Å². The lowest BCUT2D eigenvalue weighted by molar-refractivity contribution is -0.385. The predicted octanol–water partition coefficient (Wildman–Crippen LogP) is 3.77. The summed E-state index contributed by atoms with van der Waals surface area (Å²) in [6.45, 7) is 5.46. The maximum absolute atomic E-state index is 12.3. The van der Waals surface area contributed by atoms with Crippen LogP contribution in [0.25, 0.3) is 0 Å². The van der Waals surface area contributed by atoms with Gasteiger partial charge in [-0.2, -0.15) is 0 Å². The van der Waals surface area contributed by atoms with Crippen molar-refractivity contribution in [2.24, 2.45) is 0 Å². The van der Waals surface area contributed by atoms with Gasteiger partial charge in [-0.1, -0.05) is 18.2 Å². The van der Waals surface area contributed by atoms with Gasteiger partial charge in [0.15, 0.2) is 0 Å². The molecule has 1 N–H and O–H groups in total. The van der Waals surface area contributed by atoms with Gasteiger partial charge in [-0.25, -0.2) is 0 Å². The van der Waals surface area contributed by atoms with E-state index < -0.39 is 4.92 Å². The zero-order valence-corrected chi connectivity index (χ0v) is 12.1. The van der Waals surface area contributed by atoms with E-state index in [0.717, 1.165) is 11.1 Å². The van der Waals surface area contributed by atoms with Crippen LogP contribution in [-0.2, 0) is 0 Å². The van der Waals surface area contributed by atoms with Crippen molar-refractivity contribution < 1.29 is 9.72 Å². The SMILES string of the molecule is Cc1cccc(NC(=O)c2cccc([N+](=O)[O-])c2C)c1C. The van der Waals surface area contributed by atoms with Gasteiger partial charge in [0, 0.05) is 22.9 Å². The number of hydrogen-bond donors (Lipinski definition) is 1. The van der Waals surface area contributed by atoms with Crippen LogP contribution in [0.4, 0.5) is 11.4 Å². The van der Waals surface area contributed by atoms with Crippen LogP contribution in [0.5, 0.6) is 0 Å². The monoisotopic (exact) mass is 284 g/mol. The highest BCUT2D eigenvalue weighted by molar-refractivity contribution is 6.06. The van der Waals surface area contributed by atoms with Gasteiger partial charge >= 0.3 is 0 Å². The molecule has 0 saturated carbocycles. The zero-order valence-electron chi connectivity index (χ0n) is 12.1. The second kappa shape index (κ2) is 5.75. The summed E-state index contributed by atoms with van der Waals surface area (Å²) < 4.78 is 0. The first-order valence-corrected chi connectivity index (χ1v) is 6.53. The molecule has 0 radical (unpaired) electrons. The van der Waals surface area contributed by atoms with Crippen LogP contribution in [0.1, 0.15) is 27.0 Å². The van der Waals surface area contributed by atoms with E-state index in [1.165, 1.54) is 12.1 Å². The zero-order chi connectivity index (χ0) is 15.6. The minimum atomic E-state index is -0.482. The minimum Gasteiger partial charge on any atom is -0.322 e. The number of rotatable bonds is 3. The normalized spacial score (nSPS) is 10.2. The minimum absolute atomic E-state index is 0.0522. The third-order valence-corrected chi connectivity index (χ3v) is 3.60. The van der Waals surface area contributed by atoms with E-state index in [4.69, 9.17) is 0 Å². The van der Waals surface area contributed by atoms with Gasteiger partial charge in [-0.05, 0) is 44.0 Å². The predicted molar refractivity (Wildman–Crippen MR) is 81.7 cm³/mol. The second-order valence-corrected chi connectivity index (χ2v) is 4.91. The van der Waals surface area contributed by atoms with Crippen molar-refractivity contribution in [1.82, 2.24) is 0 Å². The summed E-state index contributed by atoms with van der Waals surface area (Å²) in [5.74, 6) is -0.343. The molecule has 0 spiro atoms. The van der Waals surface area contributed by atoms with Gasteiger partial charge in [0.2, 0.25) is 0 Å². The third-order valence-electron chi connectivity index (χ3n) is 3.60. The van der Waals surface area contributed by atoms with Crippen molar-refractivity contribution in [1.29, 1.82) is 0 Å². The molecule has 5 heteroatoms. The Morgan fingerprint density at radius 3 is 2.38 bits per heavy atom. The molecule has 5 nitrogen and oxygen atoms in total. The first-order valence-electron chi connectivity index (χ1n) is 6.53. The Balaban J connectivity index is 2.35. The third kappa shape index (κ3) is 2.91. The molecule has 0 aliphatic heterocycles. The molecule has 1 amide bonds. The maximum atomic E-state index is 12.3. The van der Waals surface area contributed by atoms with Crippen LogP contribution in [0.15, 0.2) is 36.4 Å². The van der Waals surface area contributed by atoms with Crippen molar-refractivity contribution in [2.45, 2.75) is 20.8 Å². The summed E-state index contributed by atoms with van der Waals surface area (Å²) in [4.78, 5) is 22.8. The van der Waals surface area contributed by atoms with Crippen LogP contribution in [0, 0.1) is 30.9 Å². The maximum Gasteiger partial charge on any atom is 0.273 e. The van der Waals surface area contributed by atoms with Crippen molar-refractivity contribution in [3.63, 3.8) is 0 Å². The quantitative estimate of drug-likeness (QED) is 0.688. The number of nitro groups is 1. The Bertz CT molecular complexity index is 723. The molecular weight excluding hydrogens is 268 g/mol. The molecule has 0 fully saturated rings. The Morgan fingerprint density at radius 1 is 1.05 bits per heavy atom. The number of nitrogens with zero attached hydrogens (tertiary/aromatic N) is 1. The van der Waals surface area contributed by atoms with Gasteiger partial charge in [-0.3, -0.25) is 14.9 Å². The number of hydrogen-bond acceptors (Lipinski definition) is 3. The average Bonchev–Trinajstić information content (AvgIpc) is 2.43. The lowest BCUT2D eigenvalue weighted by Gasteiger charge is -2.11. The number of anilines is 1. The first-order chi connectivity index (χ1) is 9.91. The van der Waals surface area contributed by atoms with Crippen molar-refractivity contribution in [2.75, 3.05) is 5.32 Å². The summed E-state index contributed by atoms with van der Waals surface area (Å²) >= 11 is 0. The second-order valence-electron chi connectivity index (χ2n) is 4.91. The molecule has 0 aliphatic rings. The van der Waals surface area contributed by atoms with Crippen LogP contribution >= 0.6 is 0 Å². The molecule has 0 heterocycles. The number of carbonyl (C=O) groups is 1. The van der Waals surface area contributed by atoms with Gasteiger partial charge in [0.1, 0.15) is 0 Å². The molecular formula is C16H16N2O3. The van der Waals surface area contributed by atoms with E-state index in [1.807, 2.05) is 32.0 Å². The molecule has 2 rings (SSSR count). The molecule has 2 aromatic carbocycles. The van der Waals surface area contributed by atoms with E-state index in [-0.39, 0.29) is 11.6 Å². The number of nitro benzene ring substituents is 1. The van der Waals surface area contributed by atoms with E-state index in [9.17, 15) is 14.9 Å². The molecule has 2 aromatic rings. The molecule has 0 unspecified atom stereocenters. The van der Waals surface area contributed by atoms with Crippen LogP contribution in [0.3, 0.4) is 0 Å². The van der Waals surface area contributed by atoms with E-state index >= 15 is 0 Å². The van der Waals surface area contributed by atoms with E-state index in [0.29, 0.717) is 16.8 Å². The lowest BCUT2D eigenvalue weighted by Crippen LogP contribution is -2.15. The summed E-state index contributed by atoms with van der Waals surface area (Å²) in [5.41, 5.74) is 3.39. The number of carbonyl (C=O) groups excluding carboxylic acids is 1. The van der Waals surface area contributed by atoms with Gasteiger partial charge in [0.25, 0.3) is 11.6 Å². The highest BCUT2D eigenvalue weighted by Crippen LogP contribution is 2.23. The largest absolute Gasteiger partial charge is 0.322 e.